The molecule has 0 N–H and O–H groups in total. The van der Waals surface area contributed by atoms with Crippen molar-refractivity contribution >= 4 is 15.9 Å². The lowest BCUT2D eigenvalue weighted by Crippen LogP contribution is -2.49. The van der Waals surface area contributed by atoms with E-state index in [-0.39, 0.29) is 25.3 Å². The van der Waals surface area contributed by atoms with Crippen molar-refractivity contribution < 1.29 is 31.1 Å². The fraction of sp³-hybridized carbons (Fsp3) is 0.250. The highest BCUT2D eigenvalue weighted by Gasteiger charge is 2.63. The Kier molecular flexibility index (Phi) is 3.54. The highest BCUT2D eigenvalue weighted by Crippen LogP contribution is 2.64. The molecule has 0 saturated carbocycles. The van der Waals surface area contributed by atoms with Crippen LogP contribution in [0.4, 0.5) is 18.0 Å². The fourth-order valence-corrected chi connectivity index (χ4v) is 5.87. The minimum absolute atomic E-state index is 0.00285. The van der Waals surface area contributed by atoms with Crippen LogP contribution in [0.15, 0.2) is 59.1 Å². The van der Waals surface area contributed by atoms with Crippen molar-refractivity contribution in [2.75, 3.05) is 13.2 Å². The predicted molar refractivity (Wildman–Crippen MR) is 97.3 cm³/mol. The molecule has 0 unspecified atom stereocenters. The third-order valence-corrected chi connectivity index (χ3v) is 7.41. The largest absolute Gasteiger partial charge is 0.501 e. The number of carbonyl (C=O) groups is 1. The SMILES string of the molecule is O=C1OCCN1C1=C(S(=O)(=O)C(F)(F)F)CC12c1ccccc1-c1ccccc12. The first-order chi connectivity index (χ1) is 13.7. The van der Waals surface area contributed by atoms with E-state index in [2.05, 4.69) is 0 Å². The number of allylic oxidation sites excluding steroid dienone is 2. The molecule has 29 heavy (non-hydrogen) atoms. The van der Waals surface area contributed by atoms with E-state index in [1.165, 1.54) is 0 Å². The van der Waals surface area contributed by atoms with Crippen LogP contribution in [0.2, 0.25) is 0 Å². The summed E-state index contributed by atoms with van der Waals surface area (Å²) < 4.78 is 69.7. The molecule has 5 nitrogen and oxygen atoms in total. The van der Waals surface area contributed by atoms with Crippen LogP contribution in [-0.2, 0) is 20.0 Å². The van der Waals surface area contributed by atoms with Crippen LogP contribution in [0.25, 0.3) is 11.1 Å². The molecule has 1 saturated heterocycles. The number of nitrogens with zero attached hydrogens (tertiary/aromatic N) is 1. The van der Waals surface area contributed by atoms with Crippen LogP contribution in [-0.4, -0.2) is 38.1 Å². The summed E-state index contributed by atoms with van der Waals surface area (Å²) in [5.41, 5.74) is -3.71. The van der Waals surface area contributed by atoms with Gasteiger partial charge in [0.1, 0.15) is 6.61 Å². The topological polar surface area (TPSA) is 63.7 Å². The van der Waals surface area contributed by atoms with E-state index in [0.29, 0.717) is 11.1 Å². The van der Waals surface area contributed by atoms with Gasteiger partial charge in [-0.2, -0.15) is 13.2 Å². The van der Waals surface area contributed by atoms with Crippen molar-refractivity contribution in [3.8, 4) is 11.1 Å². The third kappa shape index (κ3) is 2.16. The number of sulfone groups is 1. The van der Waals surface area contributed by atoms with Crippen LogP contribution in [0.1, 0.15) is 17.5 Å². The molecule has 1 amide bonds. The molecule has 3 aliphatic rings. The summed E-state index contributed by atoms with van der Waals surface area (Å²) in [6, 6.07) is 14.4. The summed E-state index contributed by atoms with van der Waals surface area (Å²) >= 11 is 0. The van der Waals surface area contributed by atoms with Crippen LogP contribution >= 0.6 is 0 Å². The number of alkyl halides is 3. The van der Waals surface area contributed by atoms with E-state index in [4.69, 9.17) is 4.74 Å². The van der Waals surface area contributed by atoms with E-state index >= 15 is 0 Å². The molecule has 0 atom stereocenters. The number of hydrogen-bond donors (Lipinski definition) is 0. The number of rotatable bonds is 2. The van der Waals surface area contributed by atoms with Crippen LogP contribution in [0.5, 0.6) is 0 Å². The minimum Gasteiger partial charge on any atom is -0.447 e. The van der Waals surface area contributed by atoms with Gasteiger partial charge in [0.15, 0.2) is 0 Å². The van der Waals surface area contributed by atoms with Crippen LogP contribution in [0, 0.1) is 0 Å². The molecule has 0 radical (unpaired) electrons. The first-order valence-electron chi connectivity index (χ1n) is 8.88. The highest BCUT2D eigenvalue weighted by molar-refractivity contribution is 7.96. The molecule has 0 bridgehead atoms. The van der Waals surface area contributed by atoms with Crippen molar-refractivity contribution in [2.24, 2.45) is 0 Å². The summed E-state index contributed by atoms with van der Waals surface area (Å²) in [5.74, 6) is 0. The van der Waals surface area contributed by atoms with Gasteiger partial charge in [-0.1, -0.05) is 48.5 Å². The molecule has 2 aromatic carbocycles. The number of fused-ring (bicyclic) bond motifs is 5. The van der Waals surface area contributed by atoms with Crippen LogP contribution < -0.4 is 0 Å². The average molecular weight is 421 g/mol. The van der Waals surface area contributed by atoms with Gasteiger partial charge in [-0.05, 0) is 22.3 Å². The third-order valence-electron chi connectivity index (χ3n) is 5.82. The van der Waals surface area contributed by atoms with Gasteiger partial charge in [-0.25, -0.2) is 13.2 Å². The Morgan fingerprint density at radius 3 is 2.00 bits per heavy atom. The number of amides is 1. The van der Waals surface area contributed by atoms with Gasteiger partial charge in [0.05, 0.1) is 22.6 Å². The molecule has 0 aromatic heterocycles. The second kappa shape index (κ2) is 5.63. The molecule has 1 aliphatic heterocycles. The molecule has 2 aromatic rings. The van der Waals surface area contributed by atoms with Gasteiger partial charge in [0, 0.05) is 6.42 Å². The van der Waals surface area contributed by atoms with Crippen molar-refractivity contribution in [1.29, 1.82) is 0 Å². The van der Waals surface area contributed by atoms with E-state index in [0.717, 1.165) is 16.0 Å². The Labute approximate surface area is 164 Å². The zero-order chi connectivity index (χ0) is 20.6. The molecule has 2 aliphatic carbocycles. The Bertz CT molecular complexity index is 1150. The minimum atomic E-state index is -5.59. The van der Waals surface area contributed by atoms with Crippen LogP contribution in [0.3, 0.4) is 0 Å². The maximum Gasteiger partial charge on any atom is 0.501 e. The van der Waals surface area contributed by atoms with E-state index in [1.807, 2.05) is 24.3 Å². The molecule has 150 valence electrons. The Balaban J connectivity index is 1.84. The van der Waals surface area contributed by atoms with Crippen molar-refractivity contribution in [3.63, 3.8) is 0 Å². The lowest BCUT2D eigenvalue weighted by Gasteiger charge is -2.47. The summed E-state index contributed by atoms with van der Waals surface area (Å²) in [7, 11) is -5.59. The Morgan fingerprint density at radius 1 is 0.966 bits per heavy atom. The number of benzene rings is 2. The zero-order valence-corrected chi connectivity index (χ0v) is 15.7. The molecular formula is C20H14F3NO4S. The van der Waals surface area contributed by atoms with Gasteiger partial charge in [0.2, 0.25) is 0 Å². The molecule has 1 heterocycles. The molecule has 1 spiro atoms. The summed E-state index contributed by atoms with van der Waals surface area (Å²) in [6.45, 7) is -0.0157. The maximum atomic E-state index is 13.4. The number of ether oxygens (including phenoxy) is 1. The molecule has 9 heteroatoms. The number of halogens is 3. The molecular weight excluding hydrogens is 407 g/mol. The number of hydrogen-bond acceptors (Lipinski definition) is 4. The van der Waals surface area contributed by atoms with E-state index < -0.39 is 31.8 Å². The Morgan fingerprint density at radius 2 is 1.52 bits per heavy atom. The smallest absolute Gasteiger partial charge is 0.447 e. The van der Waals surface area contributed by atoms with E-state index in [9.17, 15) is 26.4 Å². The van der Waals surface area contributed by atoms with Gasteiger partial charge >= 0.3 is 11.6 Å². The fourth-order valence-electron chi connectivity index (χ4n) is 4.65. The summed E-state index contributed by atoms with van der Waals surface area (Å²) in [5, 5.41) is 0. The average Bonchev–Trinajstić information content (AvgIpc) is 3.19. The maximum absolute atomic E-state index is 13.4. The second-order valence-corrected chi connectivity index (χ2v) is 9.12. The standard InChI is InChI=1S/C20H14F3NO4S/c21-20(22,23)29(26,27)16-11-19(17(16)24-9-10-28-18(24)25)14-7-3-1-5-12(14)13-6-2-4-8-15(13)19/h1-8H,9-11H2. The lowest BCUT2D eigenvalue weighted by molar-refractivity contribution is -0.0431. The summed E-state index contributed by atoms with van der Waals surface area (Å²) in [4.78, 5) is 12.6. The van der Waals surface area contributed by atoms with Crippen molar-refractivity contribution in [3.05, 3.63) is 70.3 Å². The molecule has 5 rings (SSSR count). The van der Waals surface area contributed by atoms with Crippen molar-refractivity contribution in [2.45, 2.75) is 17.3 Å². The quantitative estimate of drug-likeness (QED) is 0.737. The molecule has 1 fully saturated rings. The number of cyclic esters (lactones) is 1. The van der Waals surface area contributed by atoms with Gasteiger partial charge in [0.25, 0.3) is 9.84 Å². The second-order valence-electron chi connectivity index (χ2n) is 7.16. The number of carbonyl (C=O) groups excluding carboxylic acids is 1. The summed E-state index contributed by atoms with van der Waals surface area (Å²) in [6.07, 6.45) is -1.20. The lowest BCUT2D eigenvalue weighted by atomic mass is 9.65. The first-order valence-corrected chi connectivity index (χ1v) is 10.4. The zero-order valence-electron chi connectivity index (χ0n) is 14.9. The first kappa shape index (κ1) is 18.2. The van der Waals surface area contributed by atoms with Gasteiger partial charge < -0.3 is 4.74 Å². The van der Waals surface area contributed by atoms with Gasteiger partial charge in [-0.15, -0.1) is 0 Å². The predicted octanol–water partition coefficient (Wildman–Crippen LogP) is 3.96. The van der Waals surface area contributed by atoms with Gasteiger partial charge in [-0.3, -0.25) is 4.90 Å². The Hall–Kier alpha value is -2.81. The highest BCUT2D eigenvalue weighted by atomic mass is 32.2. The monoisotopic (exact) mass is 421 g/mol. The van der Waals surface area contributed by atoms with Crippen molar-refractivity contribution in [1.82, 2.24) is 4.90 Å². The van der Waals surface area contributed by atoms with E-state index in [1.54, 1.807) is 24.3 Å². The normalized spacial score (nSPS) is 19.8.